The van der Waals surface area contributed by atoms with Gasteiger partial charge in [0, 0.05) is 40.3 Å². The van der Waals surface area contributed by atoms with Crippen molar-refractivity contribution >= 4 is 17.8 Å². The van der Waals surface area contributed by atoms with Crippen molar-refractivity contribution in [2.45, 2.75) is 13.8 Å². The molecule has 136 valence electrons. The first-order valence-corrected chi connectivity index (χ1v) is 8.29. The fraction of sp³-hybridized carbons (Fsp3) is 0.100. The Morgan fingerprint density at radius 1 is 1.11 bits per heavy atom. The Hall–Kier alpha value is -3.74. The van der Waals surface area contributed by atoms with Gasteiger partial charge in [0.05, 0.1) is 11.1 Å². The second kappa shape index (κ2) is 7.65. The molecule has 1 heterocycles. The maximum atomic E-state index is 12.1. The van der Waals surface area contributed by atoms with E-state index in [1.165, 1.54) is 24.3 Å². The van der Waals surface area contributed by atoms with Crippen molar-refractivity contribution in [3.63, 3.8) is 0 Å². The molecule has 0 fully saturated rings. The molecule has 0 unspecified atom stereocenters. The monoisotopic (exact) mass is 362 g/mol. The number of carbonyl (C=O) groups excluding carboxylic acids is 1. The molecular weight excluding hydrogens is 344 g/mol. The Balaban J connectivity index is 1.76. The van der Waals surface area contributed by atoms with Crippen LogP contribution in [0.15, 0.2) is 65.8 Å². The van der Waals surface area contributed by atoms with Crippen LogP contribution in [0.3, 0.4) is 0 Å². The summed E-state index contributed by atoms with van der Waals surface area (Å²) in [4.78, 5) is 22.4. The third-order valence-electron chi connectivity index (χ3n) is 4.17. The van der Waals surface area contributed by atoms with Gasteiger partial charge in [0.2, 0.25) is 0 Å². The fourth-order valence-corrected chi connectivity index (χ4v) is 2.88. The van der Waals surface area contributed by atoms with Gasteiger partial charge in [0.25, 0.3) is 11.6 Å². The molecule has 27 heavy (non-hydrogen) atoms. The Bertz CT molecular complexity index is 1020. The van der Waals surface area contributed by atoms with Gasteiger partial charge in [-0.2, -0.15) is 5.10 Å². The minimum Gasteiger partial charge on any atom is -0.318 e. The molecule has 1 aromatic heterocycles. The molecule has 0 aliphatic carbocycles. The molecule has 0 spiro atoms. The van der Waals surface area contributed by atoms with Gasteiger partial charge in [-0.3, -0.25) is 14.9 Å². The number of nitro groups is 1. The summed E-state index contributed by atoms with van der Waals surface area (Å²) in [5.41, 5.74) is 6.40. The third kappa shape index (κ3) is 3.92. The molecule has 0 radical (unpaired) electrons. The number of nitrogens with zero attached hydrogens (tertiary/aromatic N) is 3. The summed E-state index contributed by atoms with van der Waals surface area (Å²) in [6.07, 6.45) is 1.57. The Kier molecular flexibility index (Phi) is 5.12. The average molecular weight is 362 g/mol. The van der Waals surface area contributed by atoms with Crippen molar-refractivity contribution < 1.29 is 9.72 Å². The molecule has 3 aromatic rings. The standard InChI is InChI=1S/C20H18N4O3/c1-14-11-17(15(2)23(14)18-8-4-3-5-9-18)13-21-22-20(25)16-7-6-10-19(12-16)24(26)27/h3-13H,1-2H3,(H,22,25)/b21-13-. The number of hydrogen-bond acceptors (Lipinski definition) is 4. The largest absolute Gasteiger partial charge is 0.318 e. The molecule has 2 aromatic carbocycles. The van der Waals surface area contributed by atoms with Crippen LogP contribution in [0.1, 0.15) is 27.3 Å². The number of aryl methyl sites for hydroxylation is 1. The molecule has 1 amide bonds. The molecule has 3 rings (SSSR count). The van der Waals surface area contributed by atoms with E-state index < -0.39 is 10.8 Å². The molecule has 7 nitrogen and oxygen atoms in total. The number of hydrogen-bond donors (Lipinski definition) is 1. The number of non-ortho nitro benzene ring substituents is 1. The van der Waals surface area contributed by atoms with Gasteiger partial charge in [0.1, 0.15) is 0 Å². The quantitative estimate of drug-likeness (QED) is 0.426. The van der Waals surface area contributed by atoms with Gasteiger partial charge in [-0.1, -0.05) is 24.3 Å². The van der Waals surface area contributed by atoms with E-state index in [9.17, 15) is 14.9 Å². The Labute approximate surface area is 156 Å². The second-order valence-electron chi connectivity index (χ2n) is 6.00. The van der Waals surface area contributed by atoms with Crippen molar-refractivity contribution in [3.05, 3.63) is 93.3 Å². The molecule has 0 saturated heterocycles. The molecule has 0 saturated carbocycles. The summed E-state index contributed by atoms with van der Waals surface area (Å²) in [5, 5.41) is 14.8. The molecule has 0 aliphatic heterocycles. The smallest absolute Gasteiger partial charge is 0.271 e. The van der Waals surface area contributed by atoms with Crippen molar-refractivity contribution in [1.29, 1.82) is 0 Å². The van der Waals surface area contributed by atoms with Gasteiger partial charge < -0.3 is 4.57 Å². The first-order chi connectivity index (χ1) is 13.0. The van der Waals surface area contributed by atoms with E-state index in [2.05, 4.69) is 15.1 Å². The number of carbonyl (C=O) groups is 1. The molecule has 0 aliphatic rings. The summed E-state index contributed by atoms with van der Waals surface area (Å²) in [6.45, 7) is 3.97. The number of hydrazone groups is 1. The molecule has 0 bridgehead atoms. The van der Waals surface area contributed by atoms with E-state index in [1.54, 1.807) is 6.21 Å². The minimum absolute atomic E-state index is 0.141. The summed E-state index contributed by atoms with van der Waals surface area (Å²) in [5.74, 6) is -0.508. The Morgan fingerprint density at radius 2 is 1.85 bits per heavy atom. The number of benzene rings is 2. The lowest BCUT2D eigenvalue weighted by atomic mass is 10.2. The summed E-state index contributed by atoms with van der Waals surface area (Å²) in [7, 11) is 0. The number of amides is 1. The number of nitro benzene ring substituents is 1. The van der Waals surface area contributed by atoms with Crippen LogP contribution in [0.25, 0.3) is 5.69 Å². The first kappa shape index (κ1) is 18.1. The molecular formula is C20H18N4O3. The first-order valence-electron chi connectivity index (χ1n) is 8.29. The van der Waals surface area contributed by atoms with E-state index in [-0.39, 0.29) is 11.3 Å². The van der Waals surface area contributed by atoms with E-state index in [4.69, 9.17) is 0 Å². The van der Waals surface area contributed by atoms with Gasteiger partial charge in [-0.15, -0.1) is 0 Å². The number of rotatable bonds is 5. The van der Waals surface area contributed by atoms with Crippen molar-refractivity contribution in [2.75, 3.05) is 0 Å². The van der Waals surface area contributed by atoms with Crippen LogP contribution in [-0.4, -0.2) is 21.6 Å². The highest BCUT2D eigenvalue weighted by Crippen LogP contribution is 2.19. The number of nitrogens with one attached hydrogen (secondary N) is 1. The lowest BCUT2D eigenvalue weighted by molar-refractivity contribution is -0.384. The van der Waals surface area contributed by atoms with Gasteiger partial charge >= 0.3 is 0 Å². The lowest BCUT2D eigenvalue weighted by Gasteiger charge is -2.08. The van der Waals surface area contributed by atoms with Crippen LogP contribution >= 0.6 is 0 Å². The second-order valence-corrected chi connectivity index (χ2v) is 6.00. The highest BCUT2D eigenvalue weighted by molar-refractivity contribution is 5.95. The van der Waals surface area contributed by atoms with Crippen LogP contribution < -0.4 is 5.43 Å². The topological polar surface area (TPSA) is 89.5 Å². The van der Waals surface area contributed by atoms with Crippen LogP contribution in [0.4, 0.5) is 5.69 Å². The van der Waals surface area contributed by atoms with Gasteiger partial charge in [0.15, 0.2) is 0 Å². The lowest BCUT2D eigenvalue weighted by Crippen LogP contribution is -2.17. The molecule has 0 atom stereocenters. The van der Waals surface area contributed by atoms with Crippen LogP contribution in [0, 0.1) is 24.0 Å². The van der Waals surface area contributed by atoms with Gasteiger partial charge in [-0.25, -0.2) is 5.43 Å². The maximum absolute atomic E-state index is 12.1. The predicted octanol–water partition coefficient (Wildman–Crippen LogP) is 3.77. The average Bonchev–Trinajstić information content (AvgIpc) is 2.96. The van der Waals surface area contributed by atoms with Crippen LogP contribution in [0.2, 0.25) is 0 Å². The number of para-hydroxylation sites is 1. The fourth-order valence-electron chi connectivity index (χ4n) is 2.88. The zero-order chi connectivity index (χ0) is 19.4. The molecule has 1 N–H and O–H groups in total. The summed E-state index contributed by atoms with van der Waals surface area (Å²) in [6, 6.07) is 17.4. The van der Waals surface area contributed by atoms with Gasteiger partial charge in [-0.05, 0) is 38.1 Å². The highest BCUT2D eigenvalue weighted by Gasteiger charge is 2.11. The van der Waals surface area contributed by atoms with E-state index in [0.29, 0.717) is 0 Å². The van der Waals surface area contributed by atoms with Crippen molar-refractivity contribution in [3.8, 4) is 5.69 Å². The van der Waals surface area contributed by atoms with E-state index >= 15 is 0 Å². The minimum atomic E-state index is -0.543. The van der Waals surface area contributed by atoms with Crippen molar-refractivity contribution in [1.82, 2.24) is 9.99 Å². The van der Waals surface area contributed by atoms with Crippen LogP contribution in [-0.2, 0) is 0 Å². The summed E-state index contributed by atoms with van der Waals surface area (Å²) < 4.78 is 2.10. The zero-order valence-corrected chi connectivity index (χ0v) is 14.9. The normalized spacial score (nSPS) is 10.9. The van der Waals surface area contributed by atoms with Crippen LogP contribution in [0.5, 0.6) is 0 Å². The number of aromatic nitrogens is 1. The Morgan fingerprint density at radius 3 is 2.56 bits per heavy atom. The zero-order valence-electron chi connectivity index (χ0n) is 14.9. The third-order valence-corrected chi connectivity index (χ3v) is 4.17. The van der Waals surface area contributed by atoms with E-state index in [0.717, 1.165) is 22.6 Å². The maximum Gasteiger partial charge on any atom is 0.271 e. The molecule has 7 heteroatoms. The SMILES string of the molecule is Cc1cc(/C=N\NC(=O)c2cccc([N+](=O)[O-])c2)c(C)n1-c1ccccc1. The predicted molar refractivity (Wildman–Crippen MR) is 103 cm³/mol. The van der Waals surface area contributed by atoms with E-state index in [1.807, 2.05) is 50.2 Å². The highest BCUT2D eigenvalue weighted by atomic mass is 16.6. The summed E-state index contributed by atoms with van der Waals surface area (Å²) >= 11 is 0. The van der Waals surface area contributed by atoms with Crippen molar-refractivity contribution in [2.24, 2.45) is 5.10 Å².